The number of Topliss-reactive ketones (excluding diaryl/α,β-unsaturated/α-hetero) is 1. The molecule has 3 nitrogen and oxygen atoms in total. The first-order valence-corrected chi connectivity index (χ1v) is 14.0. The van der Waals surface area contributed by atoms with Crippen LogP contribution >= 0.6 is 46.4 Å². The van der Waals surface area contributed by atoms with Crippen LogP contribution in [0.15, 0.2) is 0 Å². The van der Waals surface area contributed by atoms with E-state index in [-0.39, 0.29) is 37.4 Å². The van der Waals surface area contributed by atoms with Crippen LogP contribution in [0.25, 0.3) is 0 Å². The van der Waals surface area contributed by atoms with Crippen molar-refractivity contribution in [2.75, 3.05) is 0 Å². The molecule has 0 aromatic heterocycles. The first-order chi connectivity index (χ1) is 12.3. The molecule has 1 aromatic carbocycles. The maximum atomic E-state index is 12.8. The second-order valence-electron chi connectivity index (χ2n) is 8.63. The number of carbonyl (C=O) groups is 1. The van der Waals surface area contributed by atoms with Crippen LogP contribution in [0, 0.1) is 11.8 Å². The molecule has 0 N–H and O–H groups in total. The highest BCUT2D eigenvalue weighted by atomic mass is 35.5. The third-order valence-electron chi connectivity index (χ3n) is 4.89. The van der Waals surface area contributed by atoms with E-state index in [0.717, 1.165) is 6.42 Å². The second-order valence-corrected chi connectivity index (χ2v) is 14.6. The highest BCUT2D eigenvalue weighted by Crippen LogP contribution is 2.52. The molecule has 0 radical (unpaired) electrons. The largest absolute Gasteiger partial charge is 0.542 e. The lowest BCUT2D eigenvalue weighted by Gasteiger charge is -2.38. The molecule has 0 saturated heterocycles. The molecule has 2 atom stereocenters. The van der Waals surface area contributed by atoms with Gasteiger partial charge in [0, 0.05) is 6.42 Å². The van der Waals surface area contributed by atoms with Gasteiger partial charge >= 0.3 is 0 Å². The van der Waals surface area contributed by atoms with E-state index in [2.05, 4.69) is 13.8 Å². The molecule has 1 saturated carbocycles. The lowest BCUT2D eigenvalue weighted by atomic mass is 9.74. The Kier molecular flexibility index (Phi) is 7.13. The molecule has 1 aliphatic rings. The van der Waals surface area contributed by atoms with Crippen LogP contribution in [-0.4, -0.2) is 19.7 Å². The van der Waals surface area contributed by atoms with Crippen LogP contribution in [0.3, 0.4) is 0 Å². The Hall–Kier alpha value is -0.133. The van der Waals surface area contributed by atoms with Crippen molar-refractivity contribution >= 4 is 60.5 Å². The molecule has 0 heterocycles. The number of benzene rings is 1. The molecule has 1 fully saturated rings. The van der Waals surface area contributed by atoms with Crippen molar-refractivity contribution < 1.29 is 14.0 Å². The Morgan fingerprint density at radius 1 is 1.00 bits per heavy atom. The maximum absolute atomic E-state index is 12.8. The van der Waals surface area contributed by atoms with E-state index in [1.807, 2.05) is 19.6 Å². The molecule has 2 unspecified atom stereocenters. The minimum Gasteiger partial charge on any atom is -0.542 e. The fourth-order valence-electron chi connectivity index (χ4n) is 3.14. The summed E-state index contributed by atoms with van der Waals surface area (Å²) in [6.45, 7) is 12.0. The van der Waals surface area contributed by atoms with Crippen molar-refractivity contribution in [3.05, 3.63) is 20.1 Å². The van der Waals surface area contributed by atoms with E-state index in [4.69, 9.17) is 55.6 Å². The third kappa shape index (κ3) is 5.08. The summed E-state index contributed by atoms with van der Waals surface area (Å²) < 4.78 is 12.0. The summed E-state index contributed by atoms with van der Waals surface area (Å²) in [4.78, 5) is 12.8. The van der Waals surface area contributed by atoms with Crippen LogP contribution in [0.2, 0.25) is 39.7 Å². The zero-order valence-electron chi connectivity index (χ0n) is 16.5. The highest BCUT2D eigenvalue weighted by Gasteiger charge is 2.43. The van der Waals surface area contributed by atoms with Crippen molar-refractivity contribution in [1.29, 1.82) is 0 Å². The van der Waals surface area contributed by atoms with Crippen LogP contribution in [0.1, 0.15) is 40.0 Å². The van der Waals surface area contributed by atoms with E-state index >= 15 is 0 Å². The SMILES string of the molecule is CC(C)C1CCC(C)(Oc2c(Cl)c(Cl)c(O[Si](C)(C)C)c(Cl)c2Cl)C(=O)C1. The van der Waals surface area contributed by atoms with Gasteiger partial charge in [0.2, 0.25) is 8.32 Å². The van der Waals surface area contributed by atoms with Crippen molar-refractivity contribution in [2.45, 2.75) is 65.3 Å². The molecular weight excluding hydrogens is 446 g/mol. The molecule has 2 rings (SSSR count). The van der Waals surface area contributed by atoms with Crippen molar-refractivity contribution in [1.82, 2.24) is 0 Å². The topological polar surface area (TPSA) is 35.5 Å². The van der Waals surface area contributed by atoms with E-state index in [1.165, 1.54) is 0 Å². The van der Waals surface area contributed by atoms with Crippen LogP contribution in [0.4, 0.5) is 0 Å². The zero-order valence-corrected chi connectivity index (χ0v) is 20.5. The van der Waals surface area contributed by atoms with Crippen molar-refractivity contribution in [3.8, 4) is 11.5 Å². The number of carbonyl (C=O) groups excluding carboxylic acids is 1. The van der Waals surface area contributed by atoms with E-state index in [1.54, 1.807) is 6.92 Å². The molecule has 0 spiro atoms. The number of halogens is 4. The standard InChI is InChI=1S/C19H26Cl4O3Si/c1-10(2)11-7-8-19(3,12(24)9-11)25-17-13(20)15(22)18(16(23)14(17)21)26-27(4,5)6/h10-11H,7-9H2,1-6H3. The first-order valence-electron chi connectivity index (χ1n) is 9.04. The molecule has 27 heavy (non-hydrogen) atoms. The monoisotopic (exact) mass is 470 g/mol. The lowest BCUT2D eigenvalue weighted by molar-refractivity contribution is -0.138. The lowest BCUT2D eigenvalue weighted by Crippen LogP contribution is -2.46. The Bertz CT molecular complexity index is 716. The Labute approximate surface area is 182 Å². The average Bonchev–Trinajstić information content (AvgIpc) is 2.55. The summed E-state index contributed by atoms with van der Waals surface area (Å²) in [5.74, 6) is 1.25. The number of ketones is 1. The second kappa shape index (κ2) is 8.31. The predicted octanol–water partition coefficient (Wildman–Crippen LogP) is 7.68. The van der Waals surface area contributed by atoms with Gasteiger partial charge in [-0.15, -0.1) is 0 Å². The normalized spacial score (nSPS) is 23.7. The van der Waals surface area contributed by atoms with Gasteiger partial charge in [-0.05, 0) is 51.2 Å². The van der Waals surface area contributed by atoms with Gasteiger partial charge in [0.05, 0.1) is 0 Å². The quantitative estimate of drug-likeness (QED) is 0.326. The number of rotatable bonds is 5. The van der Waals surface area contributed by atoms with Crippen molar-refractivity contribution in [2.24, 2.45) is 11.8 Å². The van der Waals surface area contributed by atoms with Gasteiger partial charge in [-0.2, -0.15) is 0 Å². The molecule has 1 aromatic rings. The smallest absolute Gasteiger partial charge is 0.242 e. The number of hydrogen-bond donors (Lipinski definition) is 0. The molecule has 0 amide bonds. The van der Waals surface area contributed by atoms with Gasteiger partial charge < -0.3 is 9.16 Å². The fourth-order valence-corrected chi connectivity index (χ4v) is 5.05. The third-order valence-corrected chi connectivity index (χ3v) is 7.34. The van der Waals surface area contributed by atoms with Gasteiger partial charge in [-0.25, -0.2) is 0 Å². The highest BCUT2D eigenvalue weighted by molar-refractivity contribution is 6.70. The summed E-state index contributed by atoms with van der Waals surface area (Å²) >= 11 is 25.7. The van der Waals surface area contributed by atoms with E-state index in [9.17, 15) is 4.79 Å². The molecule has 0 aliphatic heterocycles. The number of ether oxygens (including phenoxy) is 1. The van der Waals surface area contributed by atoms with Crippen molar-refractivity contribution in [3.63, 3.8) is 0 Å². The maximum Gasteiger partial charge on any atom is 0.242 e. The predicted molar refractivity (Wildman–Crippen MR) is 117 cm³/mol. The minimum atomic E-state index is -1.99. The Morgan fingerprint density at radius 3 is 1.89 bits per heavy atom. The first kappa shape index (κ1) is 23.1. The molecule has 8 heteroatoms. The van der Waals surface area contributed by atoms with Crippen LogP contribution in [-0.2, 0) is 4.79 Å². The number of hydrogen-bond acceptors (Lipinski definition) is 3. The van der Waals surface area contributed by atoms with Gasteiger partial charge in [0.25, 0.3) is 0 Å². The molecule has 1 aliphatic carbocycles. The summed E-state index contributed by atoms with van der Waals surface area (Å²) in [6.07, 6.45) is 1.96. The summed E-state index contributed by atoms with van der Waals surface area (Å²) in [5.41, 5.74) is -1.01. The van der Waals surface area contributed by atoms with Gasteiger partial charge in [-0.1, -0.05) is 60.3 Å². The van der Waals surface area contributed by atoms with Gasteiger partial charge in [-0.3, -0.25) is 4.79 Å². The molecule has 152 valence electrons. The van der Waals surface area contributed by atoms with E-state index in [0.29, 0.717) is 24.7 Å². The summed E-state index contributed by atoms with van der Waals surface area (Å²) in [5, 5.41) is 0.518. The summed E-state index contributed by atoms with van der Waals surface area (Å²) in [7, 11) is -1.99. The van der Waals surface area contributed by atoms with Crippen LogP contribution in [0.5, 0.6) is 11.5 Å². The average molecular weight is 472 g/mol. The molecule has 0 bridgehead atoms. The Morgan fingerprint density at radius 2 is 1.48 bits per heavy atom. The minimum absolute atomic E-state index is 0.0363. The van der Waals surface area contributed by atoms with Gasteiger partial charge in [0.1, 0.15) is 25.8 Å². The van der Waals surface area contributed by atoms with Crippen LogP contribution < -0.4 is 9.16 Å². The fraction of sp³-hybridized carbons (Fsp3) is 0.632. The Balaban J connectivity index is 2.39. The zero-order chi connectivity index (χ0) is 20.7. The van der Waals surface area contributed by atoms with Gasteiger partial charge in [0.15, 0.2) is 17.1 Å². The van der Waals surface area contributed by atoms with E-state index < -0.39 is 13.9 Å². The molecular formula is C19H26Cl4O3Si. The summed E-state index contributed by atoms with van der Waals surface area (Å²) in [6, 6.07) is 0.